The molecule has 2 rings (SSSR count). The minimum absolute atomic E-state index is 0.200. The van der Waals surface area contributed by atoms with Crippen LogP contribution in [-0.4, -0.2) is 19.2 Å². The highest BCUT2D eigenvalue weighted by atomic mass is 16.5. The smallest absolute Gasteiger partial charge is 0.123 e. The molecule has 88 valence electrons. The molecule has 2 nitrogen and oxygen atoms in total. The maximum atomic E-state index is 5.74. The Morgan fingerprint density at radius 1 is 1.44 bits per heavy atom. The molecular formula is C14H21NO. The van der Waals surface area contributed by atoms with Crippen molar-refractivity contribution in [1.29, 1.82) is 0 Å². The summed E-state index contributed by atoms with van der Waals surface area (Å²) in [6, 6.07) is 8.94. The van der Waals surface area contributed by atoms with Crippen LogP contribution in [-0.2, 0) is 5.41 Å². The molecule has 2 unspecified atom stereocenters. The fourth-order valence-corrected chi connectivity index (χ4v) is 2.58. The number of benzene rings is 1. The highest BCUT2D eigenvalue weighted by Crippen LogP contribution is 2.39. The van der Waals surface area contributed by atoms with E-state index in [9.17, 15) is 0 Å². The van der Waals surface area contributed by atoms with Gasteiger partial charge in [-0.25, -0.2) is 0 Å². The van der Waals surface area contributed by atoms with E-state index in [0.29, 0.717) is 6.04 Å². The molecule has 0 saturated carbocycles. The molecular weight excluding hydrogens is 198 g/mol. The Morgan fingerprint density at radius 2 is 2.19 bits per heavy atom. The Labute approximate surface area is 98.0 Å². The van der Waals surface area contributed by atoms with E-state index in [1.807, 2.05) is 13.0 Å². The fraction of sp³-hybridized carbons (Fsp3) is 0.571. The van der Waals surface area contributed by atoms with Crippen molar-refractivity contribution in [2.24, 2.45) is 0 Å². The van der Waals surface area contributed by atoms with Crippen LogP contribution in [0.1, 0.15) is 32.8 Å². The van der Waals surface area contributed by atoms with Gasteiger partial charge in [0.1, 0.15) is 5.75 Å². The summed E-state index contributed by atoms with van der Waals surface area (Å²) in [5, 5.41) is 3.52. The molecule has 1 aromatic carbocycles. The molecule has 0 aliphatic carbocycles. The minimum Gasteiger partial charge on any atom is -0.494 e. The molecule has 1 N–H and O–H groups in total. The molecule has 2 heteroatoms. The SMILES string of the molecule is CCOc1ccccc1C1(C)CCNC1C. The number of rotatable bonds is 3. The van der Waals surface area contributed by atoms with Gasteiger partial charge in [0.2, 0.25) is 0 Å². The number of para-hydroxylation sites is 1. The van der Waals surface area contributed by atoms with Crippen molar-refractivity contribution in [3.63, 3.8) is 0 Å². The lowest BCUT2D eigenvalue weighted by Crippen LogP contribution is -2.35. The van der Waals surface area contributed by atoms with Crippen molar-refractivity contribution in [3.05, 3.63) is 29.8 Å². The molecule has 16 heavy (non-hydrogen) atoms. The number of nitrogens with one attached hydrogen (secondary N) is 1. The van der Waals surface area contributed by atoms with Crippen LogP contribution in [0, 0.1) is 0 Å². The lowest BCUT2D eigenvalue weighted by atomic mass is 9.76. The van der Waals surface area contributed by atoms with Gasteiger partial charge in [-0.05, 0) is 32.9 Å². The first kappa shape index (κ1) is 11.5. The molecule has 2 atom stereocenters. The molecule has 0 bridgehead atoms. The second-order valence-corrected chi connectivity index (χ2v) is 4.77. The van der Waals surface area contributed by atoms with Gasteiger partial charge in [0.25, 0.3) is 0 Å². The number of hydrogen-bond donors (Lipinski definition) is 1. The van der Waals surface area contributed by atoms with Crippen LogP contribution in [0.5, 0.6) is 5.75 Å². The van der Waals surface area contributed by atoms with E-state index < -0.39 is 0 Å². The van der Waals surface area contributed by atoms with Gasteiger partial charge >= 0.3 is 0 Å². The summed E-state index contributed by atoms with van der Waals surface area (Å²) in [6.45, 7) is 8.45. The van der Waals surface area contributed by atoms with E-state index in [1.54, 1.807) is 0 Å². The molecule has 0 aromatic heterocycles. The molecule has 1 heterocycles. The molecule has 1 saturated heterocycles. The molecule has 1 fully saturated rings. The first-order valence-electron chi connectivity index (χ1n) is 6.14. The van der Waals surface area contributed by atoms with E-state index in [4.69, 9.17) is 4.74 Å². The third kappa shape index (κ3) is 1.82. The first-order chi connectivity index (χ1) is 7.68. The van der Waals surface area contributed by atoms with Crippen molar-refractivity contribution >= 4 is 0 Å². The van der Waals surface area contributed by atoms with Crippen LogP contribution in [0.2, 0.25) is 0 Å². The van der Waals surface area contributed by atoms with Crippen molar-refractivity contribution in [2.75, 3.05) is 13.2 Å². The van der Waals surface area contributed by atoms with Crippen LogP contribution in [0.25, 0.3) is 0 Å². The third-order valence-corrected chi connectivity index (χ3v) is 3.85. The zero-order chi connectivity index (χ0) is 11.6. The van der Waals surface area contributed by atoms with E-state index >= 15 is 0 Å². The third-order valence-electron chi connectivity index (χ3n) is 3.85. The van der Waals surface area contributed by atoms with E-state index in [2.05, 4.69) is 37.4 Å². The van der Waals surface area contributed by atoms with Crippen LogP contribution in [0.4, 0.5) is 0 Å². The average molecular weight is 219 g/mol. The van der Waals surface area contributed by atoms with E-state index in [-0.39, 0.29) is 5.41 Å². The summed E-state index contributed by atoms with van der Waals surface area (Å²) >= 11 is 0. The van der Waals surface area contributed by atoms with Gasteiger partial charge < -0.3 is 10.1 Å². The summed E-state index contributed by atoms with van der Waals surface area (Å²) in [7, 11) is 0. The van der Waals surface area contributed by atoms with Crippen molar-refractivity contribution in [2.45, 2.75) is 38.6 Å². The van der Waals surface area contributed by atoms with Crippen molar-refractivity contribution < 1.29 is 4.74 Å². The highest BCUT2D eigenvalue weighted by Gasteiger charge is 2.38. The molecule has 1 aromatic rings. The van der Waals surface area contributed by atoms with Crippen LogP contribution >= 0.6 is 0 Å². The second kappa shape index (κ2) is 4.46. The monoisotopic (exact) mass is 219 g/mol. The minimum atomic E-state index is 0.200. The Kier molecular flexibility index (Phi) is 3.20. The number of ether oxygens (including phenoxy) is 1. The van der Waals surface area contributed by atoms with Gasteiger partial charge in [0, 0.05) is 17.0 Å². The van der Waals surface area contributed by atoms with Gasteiger partial charge in [-0.3, -0.25) is 0 Å². The summed E-state index contributed by atoms with van der Waals surface area (Å²) < 4.78 is 5.74. The van der Waals surface area contributed by atoms with Gasteiger partial charge in [0.05, 0.1) is 6.61 Å². The summed E-state index contributed by atoms with van der Waals surface area (Å²) in [5.74, 6) is 1.04. The van der Waals surface area contributed by atoms with Crippen LogP contribution < -0.4 is 10.1 Å². The van der Waals surface area contributed by atoms with Crippen molar-refractivity contribution in [3.8, 4) is 5.75 Å². The largest absolute Gasteiger partial charge is 0.494 e. The van der Waals surface area contributed by atoms with Crippen molar-refractivity contribution in [1.82, 2.24) is 5.32 Å². The normalized spacial score (nSPS) is 29.3. The predicted octanol–water partition coefficient (Wildman–Crippen LogP) is 2.72. The molecule has 1 aliphatic heterocycles. The summed E-state index contributed by atoms with van der Waals surface area (Å²) in [6.07, 6.45) is 1.18. The fourth-order valence-electron chi connectivity index (χ4n) is 2.58. The maximum absolute atomic E-state index is 5.74. The second-order valence-electron chi connectivity index (χ2n) is 4.77. The lowest BCUT2D eigenvalue weighted by molar-refractivity contribution is 0.320. The standard InChI is InChI=1S/C14H21NO/c1-4-16-13-8-6-5-7-12(13)14(3)9-10-15-11(14)2/h5-8,11,15H,4,9-10H2,1-3H3. The Morgan fingerprint density at radius 3 is 2.81 bits per heavy atom. The molecule has 0 amide bonds. The molecule has 1 aliphatic rings. The molecule has 0 radical (unpaired) electrons. The highest BCUT2D eigenvalue weighted by molar-refractivity contribution is 5.41. The Bertz CT molecular complexity index is 364. The van der Waals surface area contributed by atoms with Gasteiger partial charge in [-0.1, -0.05) is 25.1 Å². The summed E-state index contributed by atoms with van der Waals surface area (Å²) in [4.78, 5) is 0. The number of hydrogen-bond acceptors (Lipinski definition) is 2. The van der Waals surface area contributed by atoms with E-state index in [1.165, 1.54) is 12.0 Å². The van der Waals surface area contributed by atoms with E-state index in [0.717, 1.165) is 18.9 Å². The lowest BCUT2D eigenvalue weighted by Gasteiger charge is -2.30. The quantitative estimate of drug-likeness (QED) is 0.844. The van der Waals surface area contributed by atoms with Crippen LogP contribution in [0.3, 0.4) is 0 Å². The van der Waals surface area contributed by atoms with Gasteiger partial charge in [0.15, 0.2) is 0 Å². The van der Waals surface area contributed by atoms with Gasteiger partial charge in [-0.2, -0.15) is 0 Å². The average Bonchev–Trinajstić information content (AvgIpc) is 2.62. The zero-order valence-electron chi connectivity index (χ0n) is 10.4. The van der Waals surface area contributed by atoms with Crippen LogP contribution in [0.15, 0.2) is 24.3 Å². The Balaban J connectivity index is 2.38. The maximum Gasteiger partial charge on any atom is 0.123 e. The Hall–Kier alpha value is -1.02. The molecule has 0 spiro atoms. The first-order valence-corrected chi connectivity index (χ1v) is 6.14. The zero-order valence-corrected chi connectivity index (χ0v) is 10.4. The predicted molar refractivity (Wildman–Crippen MR) is 67.0 cm³/mol. The van der Waals surface area contributed by atoms with Gasteiger partial charge in [-0.15, -0.1) is 0 Å². The topological polar surface area (TPSA) is 21.3 Å². The summed E-state index contributed by atoms with van der Waals surface area (Å²) in [5.41, 5.74) is 1.54.